The zero-order valence-corrected chi connectivity index (χ0v) is 12.8. The standard InChI is InChI=1S/C17H20N4O2/c18-16(19-22)21-11-7-17(8-12-21)15(20-9-3-4-10-20)13-5-1-2-6-14(13)23-17/h1-6,9-10,15,22H,7-8,11-12H2,(H2,18,19). The van der Waals surface area contributed by atoms with Crippen LogP contribution in [0.3, 0.4) is 0 Å². The van der Waals surface area contributed by atoms with Crippen molar-refractivity contribution < 1.29 is 9.94 Å². The van der Waals surface area contributed by atoms with Gasteiger partial charge in [-0.2, -0.15) is 0 Å². The average molecular weight is 312 g/mol. The molecule has 1 spiro atoms. The van der Waals surface area contributed by atoms with Gasteiger partial charge in [0.05, 0.1) is 0 Å². The van der Waals surface area contributed by atoms with Gasteiger partial charge in [-0.05, 0) is 18.2 Å². The predicted octanol–water partition coefficient (Wildman–Crippen LogP) is 2.01. The minimum Gasteiger partial charge on any atom is -0.484 e. The first-order valence-corrected chi connectivity index (χ1v) is 7.86. The van der Waals surface area contributed by atoms with Crippen molar-refractivity contribution >= 4 is 5.96 Å². The van der Waals surface area contributed by atoms with Crippen LogP contribution in [0.2, 0.25) is 0 Å². The molecule has 1 unspecified atom stereocenters. The molecule has 6 nitrogen and oxygen atoms in total. The number of fused-ring (bicyclic) bond motifs is 1. The Kier molecular flexibility index (Phi) is 3.18. The van der Waals surface area contributed by atoms with Crippen LogP contribution in [0, 0.1) is 0 Å². The monoisotopic (exact) mass is 312 g/mol. The Morgan fingerprint density at radius 2 is 1.87 bits per heavy atom. The van der Waals surface area contributed by atoms with Gasteiger partial charge in [-0.25, -0.2) is 0 Å². The van der Waals surface area contributed by atoms with E-state index in [2.05, 4.69) is 34.2 Å². The second-order valence-electron chi connectivity index (χ2n) is 6.18. The molecule has 4 rings (SSSR count). The zero-order valence-electron chi connectivity index (χ0n) is 12.8. The summed E-state index contributed by atoms with van der Waals surface area (Å²) in [5.41, 5.74) is 6.67. The lowest BCUT2D eigenvalue weighted by Crippen LogP contribution is -2.53. The van der Waals surface area contributed by atoms with Crippen LogP contribution in [0.1, 0.15) is 24.4 Å². The van der Waals surface area contributed by atoms with Crippen molar-refractivity contribution in [3.05, 3.63) is 54.4 Å². The summed E-state index contributed by atoms with van der Waals surface area (Å²) in [4.78, 5) is 1.89. The number of ether oxygens (including phenoxy) is 1. The van der Waals surface area contributed by atoms with Crippen molar-refractivity contribution in [1.29, 1.82) is 0 Å². The van der Waals surface area contributed by atoms with Crippen LogP contribution in [0.25, 0.3) is 0 Å². The van der Waals surface area contributed by atoms with E-state index in [4.69, 9.17) is 15.7 Å². The summed E-state index contributed by atoms with van der Waals surface area (Å²) >= 11 is 0. The molecule has 1 aromatic carbocycles. The number of hydrogen-bond acceptors (Lipinski definition) is 3. The molecule has 23 heavy (non-hydrogen) atoms. The highest BCUT2D eigenvalue weighted by Crippen LogP contribution is 2.50. The van der Waals surface area contributed by atoms with Gasteiger partial charge < -0.3 is 25.1 Å². The van der Waals surface area contributed by atoms with Crippen molar-refractivity contribution in [2.24, 2.45) is 10.9 Å². The van der Waals surface area contributed by atoms with Crippen molar-refractivity contribution in [3.8, 4) is 5.75 Å². The number of rotatable bonds is 1. The van der Waals surface area contributed by atoms with Crippen LogP contribution in [0.4, 0.5) is 0 Å². The summed E-state index contributed by atoms with van der Waals surface area (Å²) in [6, 6.07) is 12.5. The van der Waals surface area contributed by atoms with Gasteiger partial charge in [-0.15, -0.1) is 0 Å². The van der Waals surface area contributed by atoms with E-state index in [0.717, 1.165) is 18.6 Å². The van der Waals surface area contributed by atoms with Gasteiger partial charge >= 0.3 is 0 Å². The van der Waals surface area contributed by atoms with Gasteiger partial charge in [0.15, 0.2) is 0 Å². The van der Waals surface area contributed by atoms with E-state index < -0.39 is 0 Å². The van der Waals surface area contributed by atoms with Gasteiger partial charge in [-0.3, -0.25) is 0 Å². The van der Waals surface area contributed by atoms with Gasteiger partial charge in [0.1, 0.15) is 17.4 Å². The van der Waals surface area contributed by atoms with E-state index in [-0.39, 0.29) is 17.6 Å². The Hall–Kier alpha value is -2.63. The fraction of sp³-hybridized carbons (Fsp3) is 0.353. The van der Waals surface area contributed by atoms with Gasteiger partial charge in [0, 0.05) is 43.9 Å². The third-order valence-corrected chi connectivity index (χ3v) is 4.99. The molecule has 2 aromatic rings. The molecule has 0 saturated carbocycles. The maximum absolute atomic E-state index is 8.87. The van der Waals surface area contributed by atoms with E-state index in [1.54, 1.807) is 0 Å². The largest absolute Gasteiger partial charge is 0.484 e. The number of para-hydroxylation sites is 1. The normalized spacial score (nSPS) is 22.9. The minimum absolute atomic E-state index is 0.156. The average Bonchev–Trinajstić information content (AvgIpc) is 3.20. The van der Waals surface area contributed by atoms with E-state index in [1.807, 2.05) is 29.2 Å². The molecular formula is C17H20N4O2. The first-order chi connectivity index (χ1) is 11.2. The molecule has 0 radical (unpaired) electrons. The van der Waals surface area contributed by atoms with Crippen LogP contribution < -0.4 is 10.5 Å². The molecule has 1 fully saturated rings. The van der Waals surface area contributed by atoms with E-state index in [0.29, 0.717) is 13.1 Å². The summed E-state index contributed by atoms with van der Waals surface area (Å²) in [5.74, 6) is 1.14. The van der Waals surface area contributed by atoms with Crippen LogP contribution in [-0.2, 0) is 0 Å². The van der Waals surface area contributed by atoms with Gasteiger partial charge in [-0.1, -0.05) is 23.4 Å². The van der Waals surface area contributed by atoms with Crippen molar-refractivity contribution in [1.82, 2.24) is 9.47 Å². The summed E-state index contributed by atoms with van der Waals surface area (Å²) in [6.45, 7) is 1.42. The first kappa shape index (κ1) is 14.0. The highest BCUT2D eigenvalue weighted by Gasteiger charge is 2.50. The van der Waals surface area contributed by atoms with Crippen molar-refractivity contribution in [2.75, 3.05) is 13.1 Å². The van der Waals surface area contributed by atoms with E-state index in [9.17, 15) is 0 Å². The Bertz CT molecular complexity index is 718. The Morgan fingerprint density at radius 3 is 2.57 bits per heavy atom. The highest BCUT2D eigenvalue weighted by atomic mass is 16.5. The fourth-order valence-corrected chi connectivity index (χ4v) is 3.86. The molecule has 120 valence electrons. The maximum Gasteiger partial charge on any atom is 0.233 e. The summed E-state index contributed by atoms with van der Waals surface area (Å²) < 4.78 is 8.67. The molecule has 0 bridgehead atoms. The molecule has 0 amide bonds. The van der Waals surface area contributed by atoms with E-state index >= 15 is 0 Å². The number of oxime groups is 1. The van der Waals surface area contributed by atoms with Crippen LogP contribution >= 0.6 is 0 Å². The molecule has 1 atom stereocenters. The lowest BCUT2D eigenvalue weighted by atomic mass is 9.82. The summed E-state index contributed by atoms with van der Waals surface area (Å²) in [6.07, 6.45) is 5.82. The SMILES string of the molecule is NC(=NO)N1CCC2(CC1)Oc1ccccc1C2n1cccc1. The number of nitrogens with zero attached hydrogens (tertiary/aromatic N) is 3. The topological polar surface area (TPSA) is 76.0 Å². The lowest BCUT2D eigenvalue weighted by Gasteiger charge is -2.42. The Morgan fingerprint density at radius 1 is 1.17 bits per heavy atom. The predicted molar refractivity (Wildman–Crippen MR) is 86.6 cm³/mol. The number of nitrogens with two attached hydrogens (primary N) is 1. The third-order valence-electron chi connectivity index (χ3n) is 4.99. The fourth-order valence-electron chi connectivity index (χ4n) is 3.86. The number of benzene rings is 1. The molecular weight excluding hydrogens is 292 g/mol. The van der Waals surface area contributed by atoms with Crippen molar-refractivity contribution in [3.63, 3.8) is 0 Å². The number of guanidine groups is 1. The highest BCUT2D eigenvalue weighted by molar-refractivity contribution is 5.77. The smallest absolute Gasteiger partial charge is 0.233 e. The molecule has 3 N–H and O–H groups in total. The van der Waals surface area contributed by atoms with Gasteiger partial charge in [0.25, 0.3) is 0 Å². The molecule has 6 heteroatoms. The maximum atomic E-state index is 8.87. The second-order valence-corrected chi connectivity index (χ2v) is 6.18. The molecule has 1 aromatic heterocycles. The van der Waals surface area contributed by atoms with E-state index in [1.165, 1.54) is 5.56 Å². The number of likely N-dealkylation sites (tertiary alicyclic amines) is 1. The Labute approximate surface area is 134 Å². The Balaban J connectivity index is 1.69. The molecule has 1 saturated heterocycles. The molecule has 3 heterocycles. The first-order valence-electron chi connectivity index (χ1n) is 7.86. The molecule has 2 aliphatic rings. The van der Waals surface area contributed by atoms with Crippen LogP contribution in [-0.4, -0.2) is 39.3 Å². The quantitative estimate of drug-likeness (QED) is 0.365. The van der Waals surface area contributed by atoms with Crippen LogP contribution in [0.5, 0.6) is 5.75 Å². The molecule has 2 aliphatic heterocycles. The van der Waals surface area contributed by atoms with Gasteiger partial charge in [0.2, 0.25) is 5.96 Å². The summed E-state index contributed by atoms with van der Waals surface area (Å²) in [5, 5.41) is 12.0. The minimum atomic E-state index is -0.283. The number of aromatic nitrogens is 1. The van der Waals surface area contributed by atoms with Crippen molar-refractivity contribution in [2.45, 2.75) is 24.5 Å². The van der Waals surface area contributed by atoms with Crippen LogP contribution in [0.15, 0.2) is 53.9 Å². The zero-order chi connectivity index (χ0) is 15.9. The summed E-state index contributed by atoms with van der Waals surface area (Å²) in [7, 11) is 0. The second kappa shape index (κ2) is 5.22. The number of piperidine rings is 1. The molecule has 0 aliphatic carbocycles. The number of hydrogen-bond donors (Lipinski definition) is 2. The third kappa shape index (κ3) is 2.13. The lowest BCUT2D eigenvalue weighted by molar-refractivity contribution is 0.00716.